The highest BCUT2D eigenvalue weighted by molar-refractivity contribution is 6.31. The molecule has 0 N–H and O–H groups in total. The normalized spacial score (nSPS) is 11.1. The van der Waals surface area contributed by atoms with Gasteiger partial charge in [0.05, 0.1) is 6.26 Å². The molecule has 0 aliphatic carbocycles. The van der Waals surface area contributed by atoms with Crippen LogP contribution in [-0.4, -0.2) is 22.9 Å². The summed E-state index contributed by atoms with van der Waals surface area (Å²) in [5, 5.41) is 0.681. The smallest absolute Gasteiger partial charge is 0.331 e. The van der Waals surface area contributed by atoms with Gasteiger partial charge in [0.25, 0.3) is 0 Å². The Labute approximate surface area is 168 Å². The summed E-state index contributed by atoms with van der Waals surface area (Å²) in [4.78, 5) is 24.3. The minimum atomic E-state index is -0.602. The summed E-state index contributed by atoms with van der Waals surface area (Å²) in [6.45, 7) is 4.04. The van der Waals surface area contributed by atoms with Gasteiger partial charge in [-0.3, -0.25) is 4.79 Å². The zero-order valence-electron chi connectivity index (χ0n) is 15.6. The molecule has 144 valence electrons. The lowest BCUT2D eigenvalue weighted by atomic mass is 10.1. The van der Waals surface area contributed by atoms with Crippen molar-refractivity contribution in [3.05, 3.63) is 88.1 Å². The molecule has 2 heterocycles. The minimum absolute atomic E-state index is 0.252. The maximum absolute atomic E-state index is 12.5. The Hall–Kier alpha value is -3.05. The predicted molar refractivity (Wildman–Crippen MR) is 107 cm³/mol. The molecule has 0 spiro atoms. The zero-order chi connectivity index (χ0) is 20.1. The number of hydrogen-bond donors (Lipinski definition) is 0. The van der Waals surface area contributed by atoms with Crippen LogP contribution in [0.2, 0.25) is 5.02 Å². The number of aryl methyl sites for hydroxylation is 1. The molecule has 0 unspecified atom stereocenters. The number of aromatic nitrogens is 1. The number of carbonyl (C=O) groups excluding carboxylic acids is 2. The fourth-order valence-electron chi connectivity index (χ4n) is 2.92. The van der Waals surface area contributed by atoms with E-state index in [1.54, 1.807) is 18.2 Å². The summed E-state index contributed by atoms with van der Waals surface area (Å²) in [5.41, 5.74) is 3.25. The van der Waals surface area contributed by atoms with Crippen molar-refractivity contribution in [3.63, 3.8) is 0 Å². The third kappa shape index (κ3) is 4.61. The van der Waals surface area contributed by atoms with Crippen LogP contribution in [0.1, 0.15) is 33.1 Å². The highest BCUT2D eigenvalue weighted by atomic mass is 35.5. The average Bonchev–Trinajstić information content (AvgIpc) is 3.29. The van der Waals surface area contributed by atoms with Crippen LogP contribution in [0, 0.1) is 13.8 Å². The Morgan fingerprint density at radius 3 is 2.68 bits per heavy atom. The third-order valence-corrected chi connectivity index (χ3v) is 4.80. The molecule has 0 atom stereocenters. The number of rotatable bonds is 7. The molecule has 2 aromatic heterocycles. The van der Waals surface area contributed by atoms with E-state index < -0.39 is 5.97 Å². The van der Waals surface area contributed by atoms with E-state index in [9.17, 15) is 9.59 Å². The largest absolute Gasteiger partial charge is 0.465 e. The van der Waals surface area contributed by atoms with Crippen LogP contribution >= 0.6 is 11.6 Å². The van der Waals surface area contributed by atoms with E-state index in [4.69, 9.17) is 20.8 Å². The molecule has 0 aliphatic rings. The average molecular weight is 398 g/mol. The molecule has 5 nitrogen and oxygen atoms in total. The highest BCUT2D eigenvalue weighted by Crippen LogP contribution is 2.21. The monoisotopic (exact) mass is 397 g/mol. The lowest BCUT2D eigenvalue weighted by molar-refractivity contribution is -0.136. The Morgan fingerprint density at radius 2 is 1.96 bits per heavy atom. The molecule has 0 bridgehead atoms. The van der Waals surface area contributed by atoms with Gasteiger partial charge in [-0.15, -0.1) is 0 Å². The molecule has 28 heavy (non-hydrogen) atoms. The van der Waals surface area contributed by atoms with Gasteiger partial charge in [-0.2, -0.15) is 0 Å². The predicted octanol–water partition coefficient (Wildman–Crippen LogP) is 4.84. The standard InChI is InChI=1S/C22H20ClNO4/c1-15-12-19(16(2)24(15)13-17-6-3-4-8-20(17)23)21(25)14-28-22(26)10-9-18-7-5-11-27-18/h3-12H,13-14H2,1-2H3. The van der Waals surface area contributed by atoms with Gasteiger partial charge in [-0.1, -0.05) is 29.8 Å². The molecule has 0 saturated heterocycles. The molecule has 0 saturated carbocycles. The first kappa shape index (κ1) is 19.7. The van der Waals surface area contributed by atoms with Gasteiger partial charge in [-0.25, -0.2) is 4.79 Å². The summed E-state index contributed by atoms with van der Waals surface area (Å²) >= 11 is 6.25. The number of esters is 1. The number of halogens is 1. The molecule has 0 fully saturated rings. The first-order chi connectivity index (χ1) is 13.5. The second kappa shape index (κ2) is 8.76. The van der Waals surface area contributed by atoms with E-state index in [1.165, 1.54) is 18.4 Å². The number of hydrogen-bond acceptors (Lipinski definition) is 4. The fraction of sp³-hybridized carbons (Fsp3) is 0.182. The maximum Gasteiger partial charge on any atom is 0.331 e. The van der Waals surface area contributed by atoms with Crippen LogP contribution < -0.4 is 0 Å². The van der Waals surface area contributed by atoms with Gasteiger partial charge < -0.3 is 13.7 Å². The molecule has 0 aliphatic heterocycles. The Morgan fingerprint density at radius 1 is 1.18 bits per heavy atom. The molecule has 0 radical (unpaired) electrons. The number of furan rings is 1. The highest BCUT2D eigenvalue weighted by Gasteiger charge is 2.17. The quantitative estimate of drug-likeness (QED) is 0.325. The molecule has 1 aromatic carbocycles. The molecule has 3 rings (SSSR count). The number of carbonyl (C=O) groups is 2. The number of ketones is 1. The summed E-state index contributed by atoms with van der Waals surface area (Å²) in [6, 6.07) is 12.8. The first-order valence-corrected chi connectivity index (χ1v) is 9.15. The second-order valence-corrected chi connectivity index (χ2v) is 6.75. The second-order valence-electron chi connectivity index (χ2n) is 6.34. The summed E-state index contributed by atoms with van der Waals surface area (Å²) < 4.78 is 12.2. The maximum atomic E-state index is 12.5. The zero-order valence-corrected chi connectivity index (χ0v) is 16.4. The number of Topliss-reactive ketones (excluding diaryl/α,β-unsaturated/α-hetero) is 1. The van der Waals surface area contributed by atoms with Crippen molar-refractivity contribution in [2.75, 3.05) is 6.61 Å². The van der Waals surface area contributed by atoms with E-state index in [-0.39, 0.29) is 12.4 Å². The van der Waals surface area contributed by atoms with Gasteiger partial charge in [0, 0.05) is 34.6 Å². The summed E-state index contributed by atoms with van der Waals surface area (Å²) in [5.74, 6) is -0.320. The SMILES string of the molecule is Cc1cc(C(=O)COC(=O)C=Cc2ccco2)c(C)n1Cc1ccccc1Cl. The van der Waals surface area contributed by atoms with Crippen molar-refractivity contribution < 1.29 is 18.7 Å². The number of nitrogens with zero attached hydrogens (tertiary/aromatic N) is 1. The van der Waals surface area contributed by atoms with Gasteiger partial charge in [0.2, 0.25) is 5.78 Å². The van der Waals surface area contributed by atoms with E-state index >= 15 is 0 Å². The molecule has 0 amide bonds. The van der Waals surface area contributed by atoms with E-state index in [0.29, 0.717) is 22.9 Å². The van der Waals surface area contributed by atoms with Crippen LogP contribution in [0.15, 0.2) is 59.2 Å². The van der Waals surface area contributed by atoms with Crippen molar-refractivity contribution in [2.24, 2.45) is 0 Å². The first-order valence-electron chi connectivity index (χ1n) is 8.77. The minimum Gasteiger partial charge on any atom is -0.465 e. The van der Waals surface area contributed by atoms with Gasteiger partial charge in [0.15, 0.2) is 6.61 Å². The Balaban J connectivity index is 1.66. The topological polar surface area (TPSA) is 61.4 Å². The van der Waals surface area contributed by atoms with E-state index in [2.05, 4.69) is 0 Å². The Bertz CT molecular complexity index is 1020. The molecule has 6 heteroatoms. The lowest BCUT2D eigenvalue weighted by Crippen LogP contribution is -2.14. The molecular formula is C22H20ClNO4. The third-order valence-electron chi connectivity index (χ3n) is 4.43. The molecular weight excluding hydrogens is 378 g/mol. The van der Waals surface area contributed by atoms with Crippen molar-refractivity contribution in [1.82, 2.24) is 4.57 Å². The summed E-state index contributed by atoms with van der Waals surface area (Å²) in [6.07, 6.45) is 4.22. The lowest BCUT2D eigenvalue weighted by Gasteiger charge is -2.11. The van der Waals surface area contributed by atoms with Crippen LogP contribution in [0.25, 0.3) is 6.08 Å². The Kier molecular flexibility index (Phi) is 6.16. The number of ether oxygens (including phenoxy) is 1. The fourth-order valence-corrected chi connectivity index (χ4v) is 3.12. The van der Waals surface area contributed by atoms with Crippen molar-refractivity contribution >= 4 is 29.4 Å². The van der Waals surface area contributed by atoms with Crippen molar-refractivity contribution in [2.45, 2.75) is 20.4 Å². The van der Waals surface area contributed by atoms with Crippen molar-refractivity contribution in [1.29, 1.82) is 0 Å². The van der Waals surface area contributed by atoms with Crippen molar-refractivity contribution in [3.8, 4) is 0 Å². The van der Waals surface area contributed by atoms with Gasteiger partial charge in [0.1, 0.15) is 5.76 Å². The van der Waals surface area contributed by atoms with Gasteiger partial charge in [-0.05, 0) is 49.8 Å². The van der Waals surface area contributed by atoms with E-state index in [1.807, 2.05) is 42.7 Å². The van der Waals surface area contributed by atoms with Gasteiger partial charge >= 0.3 is 5.97 Å². The van der Waals surface area contributed by atoms with E-state index in [0.717, 1.165) is 17.0 Å². The van der Waals surface area contributed by atoms with Crippen LogP contribution in [-0.2, 0) is 16.1 Å². The summed E-state index contributed by atoms with van der Waals surface area (Å²) in [7, 11) is 0. The number of benzene rings is 1. The van der Waals surface area contributed by atoms with Crippen LogP contribution in [0.4, 0.5) is 0 Å². The van der Waals surface area contributed by atoms with Crippen LogP contribution in [0.3, 0.4) is 0 Å². The molecule has 3 aromatic rings. The van der Waals surface area contributed by atoms with Crippen LogP contribution in [0.5, 0.6) is 0 Å².